The molecule has 0 aromatic heterocycles. The maximum Gasteiger partial charge on any atom is 0.329 e. The topological polar surface area (TPSA) is 128 Å². The molecule has 1 aromatic rings. The van der Waals surface area contributed by atoms with Gasteiger partial charge in [-0.25, -0.2) is 4.79 Å². The van der Waals surface area contributed by atoms with Crippen molar-refractivity contribution in [2.75, 3.05) is 12.0 Å². The molecule has 1 saturated carbocycles. The minimum atomic E-state index is -0.973. The van der Waals surface area contributed by atoms with E-state index < -0.39 is 28.9 Å². The largest absolute Gasteiger partial charge is 0.451 e. The van der Waals surface area contributed by atoms with Gasteiger partial charge in [0.15, 0.2) is 6.10 Å². The first-order valence-electron chi connectivity index (χ1n) is 8.87. The summed E-state index contributed by atoms with van der Waals surface area (Å²) in [5.41, 5.74) is -0.156. The van der Waals surface area contributed by atoms with Crippen molar-refractivity contribution in [3.05, 3.63) is 39.9 Å². The molecule has 0 unspecified atom stereocenters. The molecule has 0 radical (unpaired) electrons. The second-order valence-corrected chi connectivity index (χ2v) is 7.46. The lowest BCUT2D eigenvalue weighted by Crippen LogP contribution is -2.45. The predicted octanol–water partition coefficient (Wildman–Crippen LogP) is 1.66. The predicted molar refractivity (Wildman–Crippen MR) is 104 cm³/mol. The van der Waals surface area contributed by atoms with Crippen LogP contribution in [-0.2, 0) is 14.3 Å². The number of non-ortho nitro benzene ring substituents is 1. The van der Waals surface area contributed by atoms with Crippen molar-refractivity contribution < 1.29 is 24.0 Å². The second-order valence-electron chi connectivity index (χ2n) is 6.48. The van der Waals surface area contributed by atoms with Crippen molar-refractivity contribution in [3.8, 4) is 0 Å². The molecule has 10 heteroatoms. The fourth-order valence-corrected chi connectivity index (χ4v) is 2.81. The van der Waals surface area contributed by atoms with Gasteiger partial charge in [0.1, 0.15) is 6.04 Å². The number of ether oxygens (including phenoxy) is 1. The zero-order valence-electron chi connectivity index (χ0n) is 15.7. The number of thioether (sulfide) groups is 1. The van der Waals surface area contributed by atoms with Crippen LogP contribution in [0.25, 0.3) is 0 Å². The maximum absolute atomic E-state index is 12.5. The molecule has 2 rings (SSSR count). The molecule has 0 saturated heterocycles. The summed E-state index contributed by atoms with van der Waals surface area (Å²) in [5, 5.41) is 16.2. The third kappa shape index (κ3) is 6.52. The van der Waals surface area contributed by atoms with Gasteiger partial charge >= 0.3 is 5.97 Å². The lowest BCUT2D eigenvalue weighted by Gasteiger charge is -2.20. The smallest absolute Gasteiger partial charge is 0.329 e. The summed E-state index contributed by atoms with van der Waals surface area (Å²) in [6, 6.07) is 4.41. The van der Waals surface area contributed by atoms with E-state index in [1.807, 2.05) is 6.26 Å². The monoisotopic (exact) mass is 409 g/mol. The minimum absolute atomic E-state index is 0.0654. The van der Waals surface area contributed by atoms with Crippen LogP contribution in [0.15, 0.2) is 24.3 Å². The van der Waals surface area contributed by atoms with E-state index in [4.69, 9.17) is 4.74 Å². The molecule has 0 heterocycles. The van der Waals surface area contributed by atoms with Gasteiger partial charge < -0.3 is 15.4 Å². The molecule has 2 atom stereocenters. The Bertz CT molecular complexity index is 753. The average molecular weight is 409 g/mol. The van der Waals surface area contributed by atoms with Crippen LogP contribution in [0.5, 0.6) is 0 Å². The number of nitro benzene ring substituents is 1. The number of hydrogen-bond acceptors (Lipinski definition) is 7. The Kier molecular flexibility index (Phi) is 7.80. The van der Waals surface area contributed by atoms with Crippen LogP contribution in [0, 0.1) is 10.1 Å². The van der Waals surface area contributed by atoms with Gasteiger partial charge in [-0.2, -0.15) is 11.8 Å². The first kappa shape index (κ1) is 21.7. The highest BCUT2D eigenvalue weighted by atomic mass is 32.2. The van der Waals surface area contributed by atoms with Crippen molar-refractivity contribution in [3.63, 3.8) is 0 Å². The molecule has 2 amide bonds. The molecule has 0 bridgehead atoms. The summed E-state index contributed by atoms with van der Waals surface area (Å²) in [5.74, 6) is -1.13. The van der Waals surface area contributed by atoms with Crippen molar-refractivity contribution in [1.82, 2.24) is 10.6 Å². The number of carbonyl (C=O) groups is 3. The lowest BCUT2D eigenvalue weighted by molar-refractivity contribution is -0.384. The van der Waals surface area contributed by atoms with Crippen molar-refractivity contribution in [2.45, 2.75) is 44.4 Å². The highest BCUT2D eigenvalue weighted by Crippen LogP contribution is 2.19. The molecule has 152 valence electrons. The number of carbonyl (C=O) groups excluding carboxylic acids is 3. The van der Waals surface area contributed by atoms with Gasteiger partial charge in [-0.15, -0.1) is 0 Å². The maximum atomic E-state index is 12.5. The number of hydrogen-bond donors (Lipinski definition) is 2. The zero-order chi connectivity index (χ0) is 20.7. The van der Waals surface area contributed by atoms with Gasteiger partial charge in [0.05, 0.1) is 4.92 Å². The Hall–Kier alpha value is -2.62. The summed E-state index contributed by atoms with van der Waals surface area (Å²) in [7, 11) is 0. The number of rotatable bonds is 10. The van der Waals surface area contributed by atoms with Crippen LogP contribution in [0.3, 0.4) is 0 Å². The van der Waals surface area contributed by atoms with Crippen LogP contribution >= 0.6 is 11.8 Å². The first-order valence-corrected chi connectivity index (χ1v) is 10.3. The van der Waals surface area contributed by atoms with Crippen molar-refractivity contribution in [2.24, 2.45) is 0 Å². The molecule has 1 aliphatic rings. The number of nitrogens with one attached hydrogen (secondary N) is 2. The fraction of sp³-hybridized carbons (Fsp3) is 0.500. The molecule has 1 aromatic carbocycles. The Labute approximate surface area is 166 Å². The van der Waals surface area contributed by atoms with Crippen LogP contribution in [-0.4, -0.2) is 52.9 Å². The van der Waals surface area contributed by atoms with Gasteiger partial charge in [0.25, 0.3) is 17.5 Å². The average Bonchev–Trinajstić information content (AvgIpc) is 3.48. The van der Waals surface area contributed by atoms with E-state index in [-0.39, 0.29) is 23.2 Å². The molecule has 1 aliphatic carbocycles. The normalized spacial score (nSPS) is 15.2. The molecule has 1 fully saturated rings. The van der Waals surface area contributed by atoms with Crippen LogP contribution in [0.2, 0.25) is 0 Å². The van der Waals surface area contributed by atoms with E-state index >= 15 is 0 Å². The first-order chi connectivity index (χ1) is 13.3. The zero-order valence-corrected chi connectivity index (χ0v) is 16.5. The van der Waals surface area contributed by atoms with Gasteiger partial charge in [-0.3, -0.25) is 19.7 Å². The van der Waals surface area contributed by atoms with Crippen LogP contribution in [0.4, 0.5) is 5.69 Å². The summed E-state index contributed by atoms with van der Waals surface area (Å²) in [6.07, 6.45) is 3.03. The van der Waals surface area contributed by atoms with Crippen molar-refractivity contribution in [1.29, 1.82) is 0 Å². The van der Waals surface area contributed by atoms with E-state index in [9.17, 15) is 24.5 Å². The summed E-state index contributed by atoms with van der Waals surface area (Å²) >= 11 is 1.49. The molecule has 2 N–H and O–H groups in total. The molecular weight excluding hydrogens is 386 g/mol. The van der Waals surface area contributed by atoms with Gasteiger partial charge in [-0.1, -0.05) is 6.07 Å². The Morgan fingerprint density at radius 3 is 2.68 bits per heavy atom. The summed E-state index contributed by atoms with van der Waals surface area (Å²) in [4.78, 5) is 47.2. The van der Waals surface area contributed by atoms with Gasteiger partial charge in [0, 0.05) is 23.7 Å². The molecule has 28 heavy (non-hydrogen) atoms. The van der Waals surface area contributed by atoms with Gasteiger partial charge in [-0.05, 0) is 44.3 Å². The summed E-state index contributed by atoms with van der Waals surface area (Å²) in [6.45, 7) is 1.48. The highest BCUT2D eigenvalue weighted by molar-refractivity contribution is 7.98. The molecular formula is C18H23N3O6S. The third-order valence-corrected chi connectivity index (χ3v) is 4.75. The standard InChI is InChI=1S/C18H23N3O6S/c1-11(16(22)19-13-6-7-13)27-18(24)15(8-9-28-2)20-17(23)12-4-3-5-14(10-12)21(25)26/h3-5,10-11,13,15H,6-9H2,1-2H3,(H,19,22)(H,20,23)/t11-,15+/m1/s1. The Morgan fingerprint density at radius 2 is 2.07 bits per heavy atom. The number of nitrogens with zero attached hydrogens (tertiary/aromatic N) is 1. The molecule has 0 spiro atoms. The fourth-order valence-electron chi connectivity index (χ4n) is 2.34. The number of benzene rings is 1. The number of esters is 1. The quantitative estimate of drug-likeness (QED) is 0.342. The molecule has 9 nitrogen and oxygen atoms in total. The van der Waals surface area contributed by atoms with Gasteiger partial charge in [0.2, 0.25) is 0 Å². The van der Waals surface area contributed by atoms with E-state index in [0.717, 1.165) is 18.9 Å². The lowest BCUT2D eigenvalue weighted by atomic mass is 10.1. The Balaban J connectivity index is 2.01. The van der Waals surface area contributed by atoms with E-state index in [0.29, 0.717) is 12.2 Å². The SMILES string of the molecule is CSCC[C@H](NC(=O)c1cccc([N+](=O)[O-])c1)C(=O)O[C@H](C)C(=O)NC1CC1. The summed E-state index contributed by atoms with van der Waals surface area (Å²) < 4.78 is 5.22. The number of nitro groups is 1. The minimum Gasteiger partial charge on any atom is -0.451 e. The van der Waals surface area contributed by atoms with Crippen LogP contribution < -0.4 is 10.6 Å². The van der Waals surface area contributed by atoms with Crippen LogP contribution in [0.1, 0.15) is 36.5 Å². The molecule has 0 aliphatic heterocycles. The Morgan fingerprint density at radius 1 is 1.36 bits per heavy atom. The van der Waals surface area contributed by atoms with Crippen molar-refractivity contribution >= 4 is 35.2 Å². The van der Waals surface area contributed by atoms with E-state index in [1.54, 1.807) is 0 Å². The number of amides is 2. The third-order valence-electron chi connectivity index (χ3n) is 4.11. The van der Waals surface area contributed by atoms with E-state index in [1.165, 1.54) is 36.9 Å². The van der Waals surface area contributed by atoms with E-state index in [2.05, 4.69) is 10.6 Å². The highest BCUT2D eigenvalue weighted by Gasteiger charge is 2.30. The second kappa shape index (κ2) is 10.1.